The van der Waals surface area contributed by atoms with Crippen molar-refractivity contribution in [2.75, 3.05) is 20.3 Å². The number of hydrogen-bond acceptors (Lipinski definition) is 3. The molecule has 0 radical (unpaired) electrons. The van der Waals surface area contributed by atoms with Crippen LogP contribution in [0.5, 0.6) is 0 Å². The predicted molar refractivity (Wildman–Crippen MR) is 78.0 cm³/mol. The van der Waals surface area contributed by atoms with E-state index in [0.29, 0.717) is 13.0 Å². The van der Waals surface area contributed by atoms with E-state index in [1.165, 1.54) is 5.39 Å². The summed E-state index contributed by atoms with van der Waals surface area (Å²) in [6.07, 6.45) is 1.38. The molecule has 0 aliphatic carbocycles. The Morgan fingerprint density at radius 2 is 1.89 bits per heavy atom. The van der Waals surface area contributed by atoms with Gasteiger partial charge in [0.15, 0.2) is 0 Å². The first-order chi connectivity index (χ1) is 9.19. The molecule has 1 unspecified atom stereocenters. The number of fused-ring (bicyclic) bond motifs is 1. The van der Waals surface area contributed by atoms with Crippen LogP contribution in [0, 0.1) is 0 Å². The first-order valence-corrected chi connectivity index (χ1v) is 6.60. The summed E-state index contributed by atoms with van der Waals surface area (Å²) in [5.74, 6) is 0. The quantitative estimate of drug-likeness (QED) is 0.837. The largest absolute Gasteiger partial charge is 0.383 e. The van der Waals surface area contributed by atoms with Gasteiger partial charge >= 0.3 is 0 Å². The first kappa shape index (κ1) is 14.0. The zero-order valence-corrected chi connectivity index (χ0v) is 11.3. The topological polar surface area (TPSA) is 55.5 Å². The van der Waals surface area contributed by atoms with Crippen LogP contribution in [0.25, 0.3) is 10.8 Å². The molecule has 3 nitrogen and oxygen atoms in total. The highest BCUT2D eigenvalue weighted by molar-refractivity contribution is 5.83. The van der Waals surface area contributed by atoms with Gasteiger partial charge in [0.1, 0.15) is 5.60 Å². The fraction of sp³-hybridized carbons (Fsp3) is 0.375. The summed E-state index contributed by atoms with van der Waals surface area (Å²) < 4.78 is 5.18. The molecule has 0 saturated carbocycles. The SMILES string of the molecule is COCC(O)(CCCN)c1ccc2ccccc2c1. The number of ether oxygens (including phenoxy) is 1. The lowest BCUT2D eigenvalue weighted by Gasteiger charge is -2.28. The highest BCUT2D eigenvalue weighted by Crippen LogP contribution is 2.29. The Morgan fingerprint density at radius 1 is 1.16 bits per heavy atom. The molecular formula is C16H21NO2. The minimum atomic E-state index is -0.960. The molecule has 0 bridgehead atoms. The normalized spacial score (nSPS) is 14.5. The Bertz CT molecular complexity index is 541. The highest BCUT2D eigenvalue weighted by Gasteiger charge is 2.28. The van der Waals surface area contributed by atoms with Crippen molar-refractivity contribution in [3.05, 3.63) is 48.0 Å². The van der Waals surface area contributed by atoms with Crippen LogP contribution >= 0.6 is 0 Å². The molecule has 0 amide bonds. The average molecular weight is 259 g/mol. The van der Waals surface area contributed by atoms with Crippen molar-refractivity contribution in [1.29, 1.82) is 0 Å². The molecule has 0 aromatic heterocycles. The second kappa shape index (κ2) is 6.15. The van der Waals surface area contributed by atoms with E-state index in [-0.39, 0.29) is 6.61 Å². The van der Waals surface area contributed by atoms with Crippen LogP contribution < -0.4 is 5.73 Å². The number of benzene rings is 2. The second-order valence-electron chi connectivity index (χ2n) is 4.92. The summed E-state index contributed by atoms with van der Waals surface area (Å²) in [5.41, 5.74) is 5.48. The highest BCUT2D eigenvalue weighted by atomic mass is 16.5. The predicted octanol–water partition coefficient (Wildman–Crippen LogP) is 2.41. The molecule has 3 heteroatoms. The molecule has 19 heavy (non-hydrogen) atoms. The van der Waals surface area contributed by atoms with Crippen LogP contribution in [0.3, 0.4) is 0 Å². The number of nitrogens with two attached hydrogens (primary N) is 1. The van der Waals surface area contributed by atoms with Crippen molar-refractivity contribution in [2.45, 2.75) is 18.4 Å². The van der Waals surface area contributed by atoms with E-state index in [0.717, 1.165) is 17.4 Å². The van der Waals surface area contributed by atoms with Gasteiger partial charge in [0.2, 0.25) is 0 Å². The molecule has 0 fully saturated rings. The number of hydrogen-bond donors (Lipinski definition) is 2. The number of aliphatic hydroxyl groups is 1. The average Bonchev–Trinajstić information content (AvgIpc) is 2.45. The zero-order valence-electron chi connectivity index (χ0n) is 11.3. The van der Waals surface area contributed by atoms with Crippen LogP contribution in [0.2, 0.25) is 0 Å². The van der Waals surface area contributed by atoms with Gasteiger partial charge in [-0.2, -0.15) is 0 Å². The van der Waals surface area contributed by atoms with E-state index in [9.17, 15) is 5.11 Å². The molecule has 0 saturated heterocycles. The van der Waals surface area contributed by atoms with Gasteiger partial charge in [-0.25, -0.2) is 0 Å². The van der Waals surface area contributed by atoms with Gasteiger partial charge in [0.25, 0.3) is 0 Å². The van der Waals surface area contributed by atoms with E-state index in [2.05, 4.69) is 12.1 Å². The van der Waals surface area contributed by atoms with Crippen molar-refractivity contribution in [1.82, 2.24) is 0 Å². The molecule has 3 N–H and O–H groups in total. The van der Waals surface area contributed by atoms with Crippen molar-refractivity contribution in [3.8, 4) is 0 Å². The summed E-state index contributed by atoms with van der Waals surface area (Å²) in [6, 6.07) is 14.2. The third kappa shape index (κ3) is 3.13. The Balaban J connectivity index is 2.37. The molecule has 2 aromatic rings. The third-order valence-corrected chi connectivity index (χ3v) is 3.46. The molecule has 0 aliphatic heterocycles. The Morgan fingerprint density at radius 3 is 2.58 bits per heavy atom. The third-order valence-electron chi connectivity index (χ3n) is 3.46. The van der Waals surface area contributed by atoms with Crippen molar-refractivity contribution >= 4 is 10.8 Å². The molecule has 0 spiro atoms. The monoisotopic (exact) mass is 259 g/mol. The van der Waals surface area contributed by atoms with Gasteiger partial charge in [-0.3, -0.25) is 0 Å². The fourth-order valence-corrected chi connectivity index (χ4v) is 2.41. The van der Waals surface area contributed by atoms with E-state index < -0.39 is 5.60 Å². The lowest BCUT2D eigenvalue weighted by Crippen LogP contribution is -2.32. The van der Waals surface area contributed by atoms with Crippen molar-refractivity contribution in [3.63, 3.8) is 0 Å². The molecule has 1 atom stereocenters. The first-order valence-electron chi connectivity index (χ1n) is 6.60. The van der Waals surface area contributed by atoms with Crippen molar-refractivity contribution < 1.29 is 9.84 Å². The lowest BCUT2D eigenvalue weighted by molar-refractivity contribution is -0.0428. The molecule has 102 valence electrons. The van der Waals surface area contributed by atoms with Gasteiger partial charge in [0, 0.05) is 7.11 Å². The van der Waals surface area contributed by atoms with E-state index >= 15 is 0 Å². The molecule has 2 aromatic carbocycles. The maximum Gasteiger partial charge on any atom is 0.113 e. The minimum absolute atomic E-state index is 0.283. The molecule has 2 rings (SSSR count). The van der Waals surface area contributed by atoms with Crippen LogP contribution in [-0.4, -0.2) is 25.4 Å². The molecule has 0 aliphatic rings. The summed E-state index contributed by atoms with van der Waals surface area (Å²) in [6.45, 7) is 0.852. The van der Waals surface area contributed by atoms with Gasteiger partial charge in [-0.05, 0) is 41.8 Å². The minimum Gasteiger partial charge on any atom is -0.383 e. The summed E-state index contributed by atoms with van der Waals surface area (Å²) in [7, 11) is 1.61. The molecular weight excluding hydrogens is 238 g/mol. The maximum absolute atomic E-state index is 10.8. The Hall–Kier alpha value is -1.42. The van der Waals surface area contributed by atoms with Crippen LogP contribution in [0.15, 0.2) is 42.5 Å². The lowest BCUT2D eigenvalue weighted by atomic mass is 9.88. The van der Waals surface area contributed by atoms with Crippen molar-refractivity contribution in [2.24, 2.45) is 5.73 Å². The maximum atomic E-state index is 10.8. The summed E-state index contributed by atoms with van der Waals surface area (Å²) in [4.78, 5) is 0. The Kier molecular flexibility index (Phi) is 4.53. The zero-order chi connectivity index (χ0) is 13.7. The Labute approximate surface area is 114 Å². The van der Waals surface area contributed by atoms with Gasteiger partial charge in [-0.15, -0.1) is 0 Å². The van der Waals surface area contributed by atoms with E-state index in [1.54, 1.807) is 7.11 Å². The van der Waals surface area contributed by atoms with E-state index in [1.807, 2.05) is 30.3 Å². The van der Waals surface area contributed by atoms with Gasteiger partial charge in [-0.1, -0.05) is 36.4 Å². The van der Waals surface area contributed by atoms with Crippen LogP contribution in [0.4, 0.5) is 0 Å². The second-order valence-corrected chi connectivity index (χ2v) is 4.92. The van der Waals surface area contributed by atoms with Gasteiger partial charge < -0.3 is 15.6 Å². The standard InChI is InChI=1S/C16H21NO2/c1-19-12-16(18,9-4-10-17)15-8-7-13-5-2-3-6-14(13)11-15/h2-3,5-8,11,18H,4,9-10,12,17H2,1H3. The van der Waals surface area contributed by atoms with E-state index in [4.69, 9.17) is 10.5 Å². The summed E-state index contributed by atoms with van der Waals surface area (Å²) >= 11 is 0. The number of rotatable bonds is 6. The van der Waals surface area contributed by atoms with Crippen LogP contribution in [0.1, 0.15) is 18.4 Å². The number of methoxy groups -OCH3 is 1. The van der Waals surface area contributed by atoms with Gasteiger partial charge in [0.05, 0.1) is 6.61 Å². The molecule has 0 heterocycles. The smallest absolute Gasteiger partial charge is 0.113 e. The summed E-state index contributed by atoms with van der Waals surface area (Å²) in [5, 5.41) is 13.1. The van der Waals surface area contributed by atoms with Crippen LogP contribution in [-0.2, 0) is 10.3 Å². The fourth-order valence-electron chi connectivity index (χ4n) is 2.41.